The predicted octanol–water partition coefficient (Wildman–Crippen LogP) is -1.20. The van der Waals surface area contributed by atoms with Crippen molar-refractivity contribution in [3.05, 3.63) is 54.0 Å². The van der Waals surface area contributed by atoms with E-state index in [1.54, 1.807) is 4.90 Å². The Balaban J connectivity index is 2.17. The van der Waals surface area contributed by atoms with Crippen molar-refractivity contribution in [3.8, 4) is 0 Å². The Hall–Kier alpha value is -2.14. The zero-order chi connectivity index (χ0) is 20.5. The average Bonchev–Trinajstić information content (AvgIpc) is 2.72. The Kier molecular flexibility index (Phi) is 8.71. The summed E-state index contributed by atoms with van der Waals surface area (Å²) in [6.07, 6.45) is -1.84. The largest absolute Gasteiger partial charge is 0.394 e. The zero-order valence-electron chi connectivity index (χ0n) is 15.4. The number of aliphatic hydroxyl groups is 6. The van der Waals surface area contributed by atoms with Gasteiger partial charge in [0, 0.05) is 19.4 Å². The van der Waals surface area contributed by atoms with Crippen LogP contribution < -0.4 is 4.90 Å². The first kappa shape index (κ1) is 22.2. The van der Waals surface area contributed by atoms with Gasteiger partial charge in [0.15, 0.2) is 0 Å². The Bertz CT molecular complexity index is 688. The second-order valence-corrected chi connectivity index (χ2v) is 6.55. The number of aliphatic hydroxyl groups excluding tert-OH is 6. The molecule has 0 fully saturated rings. The number of hydrogen-bond acceptors (Lipinski definition) is 9. The molecular weight excluding hydrogens is 366 g/mol. The van der Waals surface area contributed by atoms with Gasteiger partial charge >= 0.3 is 0 Å². The van der Waals surface area contributed by atoms with Crippen molar-refractivity contribution < 1.29 is 30.6 Å². The first-order valence-electron chi connectivity index (χ1n) is 9.00. The first-order valence-corrected chi connectivity index (χ1v) is 9.00. The maximum absolute atomic E-state index is 10.5. The molecule has 0 spiro atoms. The zero-order valence-corrected chi connectivity index (χ0v) is 15.4. The van der Waals surface area contributed by atoms with E-state index >= 15 is 0 Å². The lowest BCUT2D eigenvalue weighted by atomic mass is 10.1. The minimum atomic E-state index is -1.27. The van der Waals surface area contributed by atoms with Crippen LogP contribution in [0.3, 0.4) is 0 Å². The second kappa shape index (κ2) is 11.0. The monoisotopic (exact) mass is 393 g/mol. The molecule has 0 saturated carbocycles. The highest BCUT2D eigenvalue weighted by molar-refractivity contribution is 5.38. The molecule has 6 N–H and O–H groups in total. The summed E-state index contributed by atoms with van der Waals surface area (Å²) in [5.41, 5.74) is 1.32. The van der Waals surface area contributed by atoms with Gasteiger partial charge in [-0.2, -0.15) is 0 Å². The molecule has 1 aromatic heterocycles. The molecule has 2 aromatic rings. The Morgan fingerprint density at radius 3 is 2.14 bits per heavy atom. The van der Waals surface area contributed by atoms with E-state index in [9.17, 15) is 20.4 Å². The summed E-state index contributed by atoms with van der Waals surface area (Å²) in [4.78, 5) is 10.0. The lowest BCUT2D eigenvalue weighted by Gasteiger charge is -2.30. The van der Waals surface area contributed by atoms with Crippen LogP contribution >= 0.6 is 0 Å². The number of benzene rings is 1. The van der Waals surface area contributed by atoms with Crippen LogP contribution in [0.2, 0.25) is 0 Å². The van der Waals surface area contributed by atoms with Gasteiger partial charge in [-0.15, -0.1) is 0 Å². The number of anilines is 1. The molecule has 28 heavy (non-hydrogen) atoms. The topological polar surface area (TPSA) is 150 Å². The van der Waals surface area contributed by atoms with Crippen LogP contribution in [0.15, 0.2) is 42.7 Å². The molecule has 0 bridgehead atoms. The van der Waals surface area contributed by atoms with E-state index in [0.717, 1.165) is 5.56 Å². The highest BCUT2D eigenvalue weighted by Gasteiger charge is 2.22. The van der Waals surface area contributed by atoms with E-state index in [-0.39, 0.29) is 12.8 Å². The van der Waals surface area contributed by atoms with Crippen LogP contribution in [0.1, 0.15) is 17.7 Å². The van der Waals surface area contributed by atoms with Crippen LogP contribution in [0.4, 0.5) is 5.82 Å². The van der Waals surface area contributed by atoms with Gasteiger partial charge in [0.25, 0.3) is 0 Å². The number of rotatable bonds is 11. The fourth-order valence-electron chi connectivity index (χ4n) is 2.64. The average molecular weight is 393 g/mol. The van der Waals surface area contributed by atoms with Crippen molar-refractivity contribution in [1.82, 2.24) is 9.97 Å². The maximum Gasteiger partial charge on any atom is 0.149 e. The fourth-order valence-corrected chi connectivity index (χ4v) is 2.64. The van der Waals surface area contributed by atoms with E-state index < -0.39 is 37.8 Å². The molecule has 154 valence electrons. The van der Waals surface area contributed by atoms with Crippen molar-refractivity contribution >= 4 is 5.82 Å². The van der Waals surface area contributed by atoms with Crippen LogP contribution in [0.5, 0.6) is 0 Å². The molecule has 1 aromatic carbocycles. The highest BCUT2D eigenvalue weighted by atomic mass is 16.4. The van der Waals surface area contributed by atoms with Gasteiger partial charge in [0.05, 0.1) is 43.5 Å². The Morgan fingerprint density at radius 1 is 0.857 bits per heavy atom. The molecular formula is C19H27N3O6. The lowest BCUT2D eigenvalue weighted by Crippen LogP contribution is -2.38. The lowest BCUT2D eigenvalue weighted by molar-refractivity contribution is -0.0137. The number of aromatic nitrogens is 2. The van der Waals surface area contributed by atoms with Crippen molar-refractivity contribution in [2.75, 3.05) is 18.1 Å². The maximum atomic E-state index is 10.5. The molecule has 0 aliphatic carbocycles. The number of nitrogens with zero attached hydrogens (tertiary/aromatic N) is 3. The van der Waals surface area contributed by atoms with Gasteiger partial charge < -0.3 is 35.5 Å². The summed E-state index contributed by atoms with van der Waals surface area (Å²) >= 11 is 0. The van der Waals surface area contributed by atoms with Gasteiger partial charge in [-0.3, -0.25) is 4.98 Å². The minimum absolute atomic E-state index is 0.0134. The van der Waals surface area contributed by atoms with E-state index in [2.05, 4.69) is 9.97 Å². The molecule has 0 unspecified atom stereocenters. The third-order valence-electron chi connectivity index (χ3n) is 4.28. The SMILES string of the molecule is OC[C@@H](O)C[C@H](O)N(Cc1ccccc1)c1cnc(C[C@H](O)[C@H](O)CO)cn1. The van der Waals surface area contributed by atoms with Gasteiger partial charge in [0.1, 0.15) is 18.1 Å². The molecule has 2 rings (SSSR count). The summed E-state index contributed by atoms with van der Waals surface area (Å²) in [5, 5.41) is 57.3. The van der Waals surface area contributed by atoms with Gasteiger partial charge in [-0.05, 0) is 5.56 Å². The fraction of sp³-hybridized carbons (Fsp3) is 0.474. The Labute approximate surface area is 163 Å². The quantitative estimate of drug-likeness (QED) is 0.259. The predicted molar refractivity (Wildman–Crippen MR) is 101 cm³/mol. The third kappa shape index (κ3) is 6.48. The minimum Gasteiger partial charge on any atom is -0.394 e. The summed E-state index contributed by atoms with van der Waals surface area (Å²) in [7, 11) is 0. The van der Waals surface area contributed by atoms with Crippen LogP contribution in [-0.4, -0.2) is 78.4 Å². The molecule has 0 amide bonds. The molecule has 0 radical (unpaired) electrons. The number of hydrogen-bond donors (Lipinski definition) is 6. The van der Waals surface area contributed by atoms with Crippen LogP contribution in [0.25, 0.3) is 0 Å². The van der Waals surface area contributed by atoms with Crippen molar-refractivity contribution in [3.63, 3.8) is 0 Å². The van der Waals surface area contributed by atoms with Crippen molar-refractivity contribution in [2.24, 2.45) is 0 Å². The molecule has 9 nitrogen and oxygen atoms in total. The molecule has 9 heteroatoms. The summed E-state index contributed by atoms with van der Waals surface area (Å²) < 4.78 is 0. The second-order valence-electron chi connectivity index (χ2n) is 6.55. The molecule has 0 aliphatic heterocycles. The van der Waals surface area contributed by atoms with Crippen molar-refractivity contribution in [2.45, 2.75) is 43.9 Å². The van der Waals surface area contributed by atoms with Gasteiger partial charge in [-0.25, -0.2) is 4.98 Å². The van der Waals surface area contributed by atoms with E-state index in [4.69, 9.17) is 10.2 Å². The standard InChI is InChI=1S/C19H27N3O6/c23-11-15(25)7-19(28)22(10-13-4-2-1-3-5-13)18-9-20-14(8-21-18)6-16(26)17(27)12-24/h1-5,8-9,15-17,19,23-28H,6-7,10-12H2/t15-,16-,17+,19-/m0/s1. The van der Waals surface area contributed by atoms with Crippen LogP contribution in [-0.2, 0) is 13.0 Å². The molecule has 0 aliphatic rings. The van der Waals surface area contributed by atoms with Gasteiger partial charge in [-0.1, -0.05) is 30.3 Å². The van der Waals surface area contributed by atoms with Crippen LogP contribution in [0, 0.1) is 0 Å². The summed E-state index contributed by atoms with van der Waals surface area (Å²) in [6.45, 7) is -0.719. The van der Waals surface area contributed by atoms with E-state index in [1.807, 2.05) is 30.3 Å². The summed E-state index contributed by atoms with van der Waals surface area (Å²) in [6, 6.07) is 9.38. The first-order chi connectivity index (χ1) is 13.4. The molecule has 4 atom stereocenters. The normalized spacial score (nSPS) is 15.6. The molecule has 0 saturated heterocycles. The highest BCUT2D eigenvalue weighted by Crippen LogP contribution is 2.19. The van der Waals surface area contributed by atoms with E-state index in [0.29, 0.717) is 18.1 Å². The Morgan fingerprint density at radius 2 is 1.57 bits per heavy atom. The van der Waals surface area contributed by atoms with Gasteiger partial charge in [0.2, 0.25) is 0 Å². The van der Waals surface area contributed by atoms with Crippen molar-refractivity contribution in [1.29, 1.82) is 0 Å². The molecule has 1 heterocycles. The van der Waals surface area contributed by atoms with E-state index in [1.165, 1.54) is 12.4 Å². The smallest absolute Gasteiger partial charge is 0.149 e. The summed E-state index contributed by atoms with van der Waals surface area (Å²) in [5.74, 6) is 0.349. The third-order valence-corrected chi connectivity index (χ3v) is 4.28.